The molecule has 1 saturated heterocycles. The molecule has 0 saturated carbocycles. The highest BCUT2D eigenvalue weighted by Crippen LogP contribution is 2.40. The van der Waals surface area contributed by atoms with E-state index in [0.29, 0.717) is 0 Å². The summed E-state index contributed by atoms with van der Waals surface area (Å²) in [5.41, 5.74) is 1.32. The van der Waals surface area contributed by atoms with Crippen molar-refractivity contribution in [2.45, 2.75) is 24.7 Å². The van der Waals surface area contributed by atoms with Crippen molar-refractivity contribution < 1.29 is 4.74 Å². The van der Waals surface area contributed by atoms with Gasteiger partial charge in [-0.05, 0) is 36.8 Å². The van der Waals surface area contributed by atoms with Gasteiger partial charge < -0.3 is 4.74 Å². The normalized spacial score (nSPS) is 17.6. The van der Waals surface area contributed by atoms with Crippen LogP contribution in [-0.2, 0) is 10.2 Å². The van der Waals surface area contributed by atoms with Gasteiger partial charge in [0.15, 0.2) is 0 Å². The van der Waals surface area contributed by atoms with Gasteiger partial charge in [-0.1, -0.05) is 61.7 Å². The van der Waals surface area contributed by atoms with Crippen LogP contribution >= 0.6 is 43.5 Å². The van der Waals surface area contributed by atoms with E-state index in [4.69, 9.17) is 16.3 Å². The first-order valence-electron chi connectivity index (χ1n) is 6.66. The third-order valence-corrected chi connectivity index (χ3v) is 6.45. The summed E-state index contributed by atoms with van der Waals surface area (Å²) in [6.45, 7) is 1.79. The van der Waals surface area contributed by atoms with Gasteiger partial charge in [-0.25, -0.2) is 0 Å². The van der Waals surface area contributed by atoms with E-state index >= 15 is 0 Å². The van der Waals surface area contributed by atoms with Crippen molar-refractivity contribution in [1.82, 2.24) is 0 Å². The predicted octanol–water partition coefficient (Wildman–Crippen LogP) is 5.18. The lowest BCUT2D eigenvalue weighted by atomic mass is 9.75. The first-order valence-corrected chi connectivity index (χ1v) is 9.28. The molecule has 0 spiro atoms. The topological polar surface area (TPSA) is 9.23 Å². The molecule has 0 aliphatic carbocycles. The maximum absolute atomic E-state index is 6.42. The van der Waals surface area contributed by atoms with Gasteiger partial charge in [-0.2, -0.15) is 0 Å². The molecule has 106 valence electrons. The lowest BCUT2D eigenvalue weighted by molar-refractivity contribution is 0.0584. The zero-order chi connectivity index (χ0) is 13.7. The second-order valence-electron chi connectivity index (χ2n) is 5.29. The lowest BCUT2D eigenvalue weighted by Crippen LogP contribution is -2.35. The molecule has 0 amide bonds. The van der Waals surface area contributed by atoms with E-state index in [-0.39, 0.29) is 5.41 Å². The highest BCUT2D eigenvalue weighted by Gasteiger charge is 2.35. The van der Waals surface area contributed by atoms with E-state index in [1.807, 2.05) is 12.1 Å². The summed E-state index contributed by atoms with van der Waals surface area (Å²) in [7, 11) is 0. The van der Waals surface area contributed by atoms with Gasteiger partial charge in [-0.15, -0.1) is 0 Å². The number of hydrogen-bond acceptors (Lipinski definition) is 1. The molecule has 1 aromatic carbocycles. The number of ether oxygens (including phenoxy) is 1. The second-order valence-corrected chi connectivity index (χ2v) is 6.82. The average molecular weight is 411 g/mol. The van der Waals surface area contributed by atoms with Crippen LogP contribution in [0.15, 0.2) is 24.3 Å². The molecule has 19 heavy (non-hydrogen) atoms. The number of hydrogen-bond donors (Lipinski definition) is 0. The summed E-state index contributed by atoms with van der Waals surface area (Å²) in [4.78, 5) is 0. The molecule has 0 aromatic heterocycles. The Kier molecular flexibility index (Phi) is 6.19. The summed E-state index contributed by atoms with van der Waals surface area (Å²) >= 11 is 13.8. The Morgan fingerprint density at radius 2 is 1.79 bits per heavy atom. The summed E-state index contributed by atoms with van der Waals surface area (Å²) in [5, 5.41) is 2.71. The Bertz CT molecular complexity index is 401. The van der Waals surface area contributed by atoms with Crippen LogP contribution in [0.2, 0.25) is 5.02 Å². The molecule has 0 radical (unpaired) electrons. The fourth-order valence-electron chi connectivity index (χ4n) is 2.79. The van der Waals surface area contributed by atoms with Crippen molar-refractivity contribution in [2.24, 2.45) is 5.92 Å². The van der Waals surface area contributed by atoms with Gasteiger partial charge in [0.2, 0.25) is 0 Å². The number of rotatable bonds is 5. The van der Waals surface area contributed by atoms with Crippen molar-refractivity contribution in [1.29, 1.82) is 0 Å². The van der Waals surface area contributed by atoms with E-state index in [2.05, 4.69) is 44.0 Å². The van der Waals surface area contributed by atoms with Crippen molar-refractivity contribution in [3.8, 4) is 0 Å². The van der Waals surface area contributed by atoms with Crippen molar-refractivity contribution in [3.05, 3.63) is 34.9 Å². The molecule has 0 unspecified atom stereocenters. The van der Waals surface area contributed by atoms with Crippen LogP contribution in [0.1, 0.15) is 24.8 Å². The molecule has 4 heteroatoms. The van der Waals surface area contributed by atoms with Crippen LogP contribution < -0.4 is 0 Å². The SMILES string of the molecule is Clc1ccccc1C(CBr)(CBr)CC1CCOCC1. The molecule has 0 atom stereocenters. The van der Waals surface area contributed by atoms with Gasteiger partial charge in [0.05, 0.1) is 0 Å². The van der Waals surface area contributed by atoms with Crippen molar-refractivity contribution in [3.63, 3.8) is 0 Å². The first-order chi connectivity index (χ1) is 9.22. The van der Waals surface area contributed by atoms with Crippen LogP contribution in [0.5, 0.6) is 0 Å². The summed E-state index contributed by atoms with van der Waals surface area (Å²) in [5.74, 6) is 0.722. The van der Waals surface area contributed by atoms with Crippen LogP contribution in [0, 0.1) is 5.92 Å². The van der Waals surface area contributed by atoms with Crippen molar-refractivity contribution >= 4 is 43.5 Å². The molecule has 0 N–H and O–H groups in total. The van der Waals surface area contributed by atoms with Gasteiger partial charge in [0, 0.05) is 34.3 Å². The molecule has 1 aromatic rings. The van der Waals surface area contributed by atoms with Gasteiger partial charge in [0.25, 0.3) is 0 Å². The summed E-state index contributed by atoms with van der Waals surface area (Å²) < 4.78 is 5.46. The zero-order valence-corrected chi connectivity index (χ0v) is 14.8. The van der Waals surface area contributed by atoms with Gasteiger partial charge in [0.1, 0.15) is 0 Å². The molecular formula is C15H19Br2ClO. The first kappa shape index (κ1) is 15.8. The van der Waals surface area contributed by atoms with Gasteiger partial charge in [-0.3, -0.25) is 0 Å². The minimum atomic E-state index is 0.0698. The minimum absolute atomic E-state index is 0.0698. The zero-order valence-electron chi connectivity index (χ0n) is 10.9. The highest BCUT2D eigenvalue weighted by molar-refractivity contribution is 9.09. The molecular weight excluding hydrogens is 391 g/mol. The van der Waals surface area contributed by atoms with Crippen LogP contribution in [0.3, 0.4) is 0 Å². The average Bonchev–Trinajstić information content (AvgIpc) is 2.47. The lowest BCUT2D eigenvalue weighted by Gasteiger charge is -2.36. The Morgan fingerprint density at radius 3 is 2.37 bits per heavy atom. The second kappa shape index (κ2) is 7.44. The largest absolute Gasteiger partial charge is 0.381 e. The van der Waals surface area contributed by atoms with Crippen LogP contribution in [0.25, 0.3) is 0 Å². The van der Waals surface area contributed by atoms with E-state index in [9.17, 15) is 0 Å². The third-order valence-electron chi connectivity index (χ3n) is 3.98. The van der Waals surface area contributed by atoms with Crippen LogP contribution in [0.4, 0.5) is 0 Å². The molecule has 1 aliphatic heterocycles. The minimum Gasteiger partial charge on any atom is -0.381 e. The number of halogens is 3. The van der Waals surface area contributed by atoms with E-state index in [0.717, 1.165) is 54.1 Å². The van der Waals surface area contributed by atoms with Crippen LogP contribution in [-0.4, -0.2) is 23.9 Å². The quantitative estimate of drug-likeness (QED) is 0.608. The highest BCUT2D eigenvalue weighted by atomic mass is 79.9. The predicted molar refractivity (Wildman–Crippen MR) is 88.9 cm³/mol. The summed E-state index contributed by atoms with van der Waals surface area (Å²) in [6, 6.07) is 8.21. The monoisotopic (exact) mass is 408 g/mol. The Hall–Kier alpha value is 0.430. The standard InChI is InChI=1S/C15H19Br2ClO/c16-10-15(11-17,9-12-5-7-19-8-6-12)13-3-1-2-4-14(13)18/h1-4,12H,5-11H2. The molecule has 2 rings (SSSR count). The fraction of sp³-hybridized carbons (Fsp3) is 0.600. The number of benzene rings is 1. The Morgan fingerprint density at radius 1 is 1.16 bits per heavy atom. The van der Waals surface area contributed by atoms with E-state index < -0.39 is 0 Å². The molecule has 1 heterocycles. The van der Waals surface area contributed by atoms with Crippen molar-refractivity contribution in [2.75, 3.05) is 23.9 Å². The Balaban J connectivity index is 2.23. The third kappa shape index (κ3) is 3.75. The Labute approximate surface area is 137 Å². The molecule has 1 aliphatic rings. The maximum Gasteiger partial charge on any atom is 0.0468 e. The molecule has 0 bridgehead atoms. The fourth-order valence-corrected chi connectivity index (χ4v) is 5.12. The number of alkyl halides is 2. The maximum atomic E-state index is 6.42. The smallest absolute Gasteiger partial charge is 0.0468 e. The van der Waals surface area contributed by atoms with E-state index in [1.54, 1.807) is 0 Å². The molecule has 1 fully saturated rings. The summed E-state index contributed by atoms with van der Waals surface area (Å²) in [6.07, 6.45) is 3.47. The molecule has 1 nitrogen and oxygen atoms in total. The van der Waals surface area contributed by atoms with E-state index in [1.165, 1.54) is 5.56 Å². The van der Waals surface area contributed by atoms with Gasteiger partial charge >= 0.3 is 0 Å².